The van der Waals surface area contributed by atoms with Crippen LogP contribution in [0.25, 0.3) is 0 Å². The molecule has 10 nitrogen and oxygen atoms in total. The molecule has 1 saturated carbocycles. The Labute approximate surface area is 154 Å². The van der Waals surface area contributed by atoms with E-state index in [0.29, 0.717) is 6.42 Å². The van der Waals surface area contributed by atoms with Gasteiger partial charge < -0.3 is 26.6 Å². The van der Waals surface area contributed by atoms with Crippen LogP contribution in [0.2, 0.25) is 6.32 Å². The Morgan fingerprint density at radius 3 is 2.46 bits per heavy atom. The monoisotopic (exact) mass is 392 g/mol. The van der Waals surface area contributed by atoms with E-state index in [4.69, 9.17) is 21.5 Å². The zero-order valence-electron chi connectivity index (χ0n) is 15.0. The largest absolute Gasteiger partial charge is 0.480 e. The van der Waals surface area contributed by atoms with E-state index in [-0.39, 0.29) is 25.8 Å². The van der Waals surface area contributed by atoms with Crippen molar-refractivity contribution < 1.29 is 28.4 Å². The van der Waals surface area contributed by atoms with Gasteiger partial charge in [0.2, 0.25) is 0 Å². The summed E-state index contributed by atoms with van der Waals surface area (Å²) in [5.41, 5.74) is 9.90. The Kier molecular flexibility index (Phi) is 6.38. The highest BCUT2D eigenvalue weighted by atomic mass is 32.2. The first-order chi connectivity index (χ1) is 11.9. The molecule has 26 heavy (non-hydrogen) atoms. The van der Waals surface area contributed by atoms with Crippen molar-refractivity contribution in [3.63, 3.8) is 0 Å². The van der Waals surface area contributed by atoms with Crippen molar-refractivity contribution in [3.05, 3.63) is 0 Å². The molecular formula is C14H29BN4O6S. The molecule has 12 heteroatoms. The minimum Gasteiger partial charge on any atom is -0.480 e. The van der Waals surface area contributed by atoms with Crippen LogP contribution in [0.5, 0.6) is 0 Å². The summed E-state index contributed by atoms with van der Waals surface area (Å²) in [4.78, 5) is 11.7. The molecule has 0 bridgehead atoms. The summed E-state index contributed by atoms with van der Waals surface area (Å²) in [6.45, 7) is 1.33. The van der Waals surface area contributed by atoms with E-state index in [2.05, 4.69) is 4.72 Å². The highest BCUT2D eigenvalue weighted by molar-refractivity contribution is 7.87. The number of nitrogens with two attached hydrogens (primary N) is 2. The number of carbonyl (C=O) groups is 1. The third kappa shape index (κ3) is 4.38. The number of hydrogen-bond donors (Lipinski definition) is 6. The van der Waals surface area contributed by atoms with Crippen molar-refractivity contribution in [2.75, 3.05) is 13.1 Å². The Bertz CT molecular complexity index is 629. The molecule has 150 valence electrons. The third-order valence-electron chi connectivity index (χ3n) is 5.82. The van der Waals surface area contributed by atoms with Crippen molar-refractivity contribution in [3.8, 4) is 0 Å². The average Bonchev–Trinajstić information content (AvgIpc) is 2.83. The summed E-state index contributed by atoms with van der Waals surface area (Å²) < 4.78 is 29.0. The van der Waals surface area contributed by atoms with Gasteiger partial charge in [0.1, 0.15) is 5.54 Å². The molecule has 0 aromatic carbocycles. The third-order valence-corrected chi connectivity index (χ3v) is 7.43. The molecular weight excluding hydrogens is 363 g/mol. The molecule has 2 fully saturated rings. The molecule has 1 aliphatic carbocycles. The number of carboxylic acids is 1. The topological polar surface area (TPSA) is 179 Å². The molecule has 0 aromatic heterocycles. The normalized spacial score (nSPS) is 30.0. The zero-order valence-corrected chi connectivity index (χ0v) is 15.8. The Hall–Kier alpha value is -0.755. The van der Waals surface area contributed by atoms with E-state index in [9.17, 15) is 18.3 Å². The molecule has 1 aliphatic heterocycles. The van der Waals surface area contributed by atoms with E-state index in [1.54, 1.807) is 6.92 Å². The molecule has 0 unspecified atom stereocenters. The molecule has 3 atom stereocenters. The van der Waals surface area contributed by atoms with Gasteiger partial charge in [-0.15, -0.1) is 0 Å². The zero-order chi connectivity index (χ0) is 19.8. The van der Waals surface area contributed by atoms with Crippen LogP contribution in [0.1, 0.15) is 39.0 Å². The summed E-state index contributed by atoms with van der Waals surface area (Å²) in [6, 6.07) is -0.471. The van der Waals surface area contributed by atoms with Gasteiger partial charge >= 0.3 is 13.1 Å². The summed E-state index contributed by atoms with van der Waals surface area (Å²) in [7, 11) is -5.42. The molecule has 2 aliphatic rings. The van der Waals surface area contributed by atoms with E-state index in [0.717, 1.165) is 23.6 Å². The maximum absolute atomic E-state index is 12.7. The lowest BCUT2D eigenvalue weighted by molar-refractivity contribution is -0.144. The van der Waals surface area contributed by atoms with Gasteiger partial charge in [0.25, 0.3) is 10.2 Å². The molecule has 0 spiro atoms. The fraction of sp³-hybridized carbons (Fsp3) is 0.929. The van der Waals surface area contributed by atoms with E-state index in [1.165, 1.54) is 0 Å². The summed E-state index contributed by atoms with van der Waals surface area (Å²) in [5.74, 6) is -1.90. The van der Waals surface area contributed by atoms with Gasteiger partial charge in [-0.2, -0.15) is 17.4 Å². The van der Waals surface area contributed by atoms with E-state index in [1.807, 2.05) is 0 Å². The first-order valence-corrected chi connectivity index (χ1v) is 10.3. The molecule has 0 radical (unpaired) electrons. The summed E-state index contributed by atoms with van der Waals surface area (Å²) in [5, 5.41) is 27.4. The van der Waals surface area contributed by atoms with Gasteiger partial charge in [0, 0.05) is 30.6 Å². The van der Waals surface area contributed by atoms with Crippen LogP contribution in [0, 0.1) is 5.92 Å². The number of nitrogens with zero attached hydrogens (tertiary/aromatic N) is 1. The van der Waals surface area contributed by atoms with Crippen LogP contribution in [0.4, 0.5) is 0 Å². The van der Waals surface area contributed by atoms with Crippen molar-refractivity contribution in [1.82, 2.24) is 9.03 Å². The lowest BCUT2D eigenvalue weighted by atomic mass is 9.73. The van der Waals surface area contributed by atoms with Crippen LogP contribution in [0.3, 0.4) is 0 Å². The number of aliphatic carboxylic acids is 1. The summed E-state index contributed by atoms with van der Waals surface area (Å²) >= 11 is 0. The van der Waals surface area contributed by atoms with Gasteiger partial charge in [-0.3, -0.25) is 4.79 Å². The Morgan fingerprint density at radius 2 is 2.00 bits per heavy atom. The van der Waals surface area contributed by atoms with Crippen molar-refractivity contribution in [1.29, 1.82) is 0 Å². The smallest absolute Gasteiger partial charge is 0.451 e. The maximum Gasteiger partial charge on any atom is 0.451 e. The van der Waals surface area contributed by atoms with Crippen LogP contribution in [0.15, 0.2) is 0 Å². The second-order valence-corrected chi connectivity index (χ2v) is 9.38. The first kappa shape index (κ1) is 21.5. The minimum absolute atomic E-state index is 0.0377. The number of nitrogens with one attached hydrogen (secondary N) is 1. The average molecular weight is 392 g/mol. The number of rotatable bonds is 9. The molecule has 1 saturated heterocycles. The molecule has 0 aromatic rings. The predicted octanol–water partition coefficient (Wildman–Crippen LogP) is -1.94. The first-order valence-electron chi connectivity index (χ1n) is 8.85. The van der Waals surface area contributed by atoms with Gasteiger partial charge in [-0.05, 0) is 38.9 Å². The predicted molar refractivity (Wildman–Crippen MR) is 96.1 cm³/mol. The quantitative estimate of drug-likeness (QED) is 0.245. The second-order valence-electron chi connectivity index (χ2n) is 7.68. The highest BCUT2D eigenvalue weighted by Gasteiger charge is 2.53. The van der Waals surface area contributed by atoms with Crippen molar-refractivity contribution in [2.45, 2.75) is 62.5 Å². The van der Waals surface area contributed by atoms with Gasteiger partial charge in [-0.1, -0.05) is 6.42 Å². The van der Waals surface area contributed by atoms with Crippen LogP contribution in [-0.4, -0.2) is 71.2 Å². The molecule has 0 amide bonds. The molecule has 2 rings (SSSR count). The SMILES string of the molecule is C[C@@H](NS(=O)(=O)N1C[C@H](CCCB(O)O)[C@](N)(C(=O)O)C1)C1(N)CCC1. The second kappa shape index (κ2) is 7.70. The van der Waals surface area contributed by atoms with Crippen molar-refractivity contribution in [2.24, 2.45) is 17.4 Å². The van der Waals surface area contributed by atoms with Crippen LogP contribution >= 0.6 is 0 Å². The van der Waals surface area contributed by atoms with Gasteiger partial charge in [-0.25, -0.2) is 0 Å². The van der Waals surface area contributed by atoms with Gasteiger partial charge in [0.15, 0.2) is 0 Å². The maximum atomic E-state index is 12.7. The van der Waals surface area contributed by atoms with Gasteiger partial charge in [0.05, 0.1) is 0 Å². The lowest BCUT2D eigenvalue weighted by Gasteiger charge is -2.43. The fourth-order valence-electron chi connectivity index (χ4n) is 3.65. The Morgan fingerprint density at radius 1 is 1.38 bits per heavy atom. The van der Waals surface area contributed by atoms with E-state index >= 15 is 0 Å². The standard InChI is InChI=1S/C14H29BN4O6S/c1-10(13(16)5-3-6-13)18-26(24,25)19-8-11(4-2-7-15(22)23)14(17,9-19)12(20)21/h10-11,18,22-23H,2-9,16-17H2,1H3,(H,20,21)/t10-,11+,14+/m1/s1. The Balaban J connectivity index is 2.08. The summed E-state index contributed by atoms with van der Waals surface area (Å²) in [6.07, 6.45) is 3.11. The minimum atomic E-state index is -3.94. The van der Waals surface area contributed by atoms with E-state index < -0.39 is 46.3 Å². The number of hydrogen-bond acceptors (Lipinski definition) is 7. The molecule has 1 heterocycles. The van der Waals surface area contributed by atoms with Crippen LogP contribution < -0.4 is 16.2 Å². The fourth-order valence-corrected chi connectivity index (χ4v) is 5.24. The van der Waals surface area contributed by atoms with Crippen molar-refractivity contribution >= 4 is 23.3 Å². The lowest BCUT2D eigenvalue weighted by Crippen LogP contribution is -2.62. The van der Waals surface area contributed by atoms with Crippen LogP contribution in [-0.2, 0) is 15.0 Å². The molecule has 8 N–H and O–H groups in total. The highest BCUT2D eigenvalue weighted by Crippen LogP contribution is 2.34. The number of carboxylic acid groups (broad SMARTS) is 1.